The van der Waals surface area contributed by atoms with Gasteiger partial charge in [0.2, 0.25) is 0 Å². The average molecular weight is 301 g/mol. The van der Waals surface area contributed by atoms with E-state index in [2.05, 4.69) is 10.1 Å². The van der Waals surface area contributed by atoms with Gasteiger partial charge in [-0.05, 0) is 37.0 Å². The predicted molar refractivity (Wildman–Crippen MR) is 70.9 cm³/mol. The Morgan fingerprint density at radius 1 is 1.14 bits per heavy atom. The summed E-state index contributed by atoms with van der Waals surface area (Å²) in [6.45, 7) is 1.60. The molecule has 1 heterocycles. The van der Waals surface area contributed by atoms with Crippen molar-refractivity contribution in [1.82, 2.24) is 5.32 Å². The maximum absolute atomic E-state index is 12.1. The summed E-state index contributed by atoms with van der Waals surface area (Å²) in [7, 11) is 0. The maximum Gasteiger partial charge on any atom is 0.573 e. The number of hydrogen-bond acceptors (Lipinski definition) is 3. The van der Waals surface area contributed by atoms with Crippen LogP contribution < -0.4 is 10.1 Å². The van der Waals surface area contributed by atoms with Crippen molar-refractivity contribution < 1.29 is 22.6 Å². The van der Waals surface area contributed by atoms with Gasteiger partial charge in [0, 0.05) is 25.1 Å². The van der Waals surface area contributed by atoms with Crippen LogP contribution in [0.5, 0.6) is 5.75 Å². The molecule has 0 amide bonds. The van der Waals surface area contributed by atoms with Crippen LogP contribution in [0.25, 0.3) is 0 Å². The zero-order chi connectivity index (χ0) is 14.9. The molecule has 3 nitrogen and oxygen atoms in total. The molecule has 1 saturated carbocycles. The Morgan fingerprint density at radius 3 is 2.48 bits per heavy atom. The fraction of sp³-hybridized carbons (Fsp3) is 0.600. The van der Waals surface area contributed by atoms with Crippen molar-refractivity contribution >= 4 is 0 Å². The molecule has 1 aromatic carbocycles. The summed E-state index contributed by atoms with van der Waals surface area (Å²) in [4.78, 5) is 0. The van der Waals surface area contributed by atoms with E-state index in [4.69, 9.17) is 4.74 Å². The fourth-order valence-corrected chi connectivity index (χ4v) is 2.68. The second-order valence-electron chi connectivity index (χ2n) is 5.64. The molecule has 1 aliphatic heterocycles. The summed E-state index contributed by atoms with van der Waals surface area (Å²) >= 11 is 0. The van der Waals surface area contributed by atoms with Crippen LogP contribution in [0.3, 0.4) is 0 Å². The lowest BCUT2D eigenvalue weighted by atomic mass is 9.95. The number of rotatable bonds is 5. The maximum atomic E-state index is 12.1. The van der Waals surface area contributed by atoms with Gasteiger partial charge in [0.1, 0.15) is 5.75 Å². The summed E-state index contributed by atoms with van der Waals surface area (Å²) in [6, 6.07) is 6.64. The Morgan fingerprint density at radius 2 is 1.86 bits per heavy atom. The third-order valence-corrected chi connectivity index (χ3v) is 3.90. The van der Waals surface area contributed by atoms with Gasteiger partial charge in [-0.3, -0.25) is 0 Å². The molecule has 2 unspecified atom stereocenters. The molecule has 2 fully saturated rings. The molecule has 1 saturated heterocycles. The third-order valence-electron chi connectivity index (χ3n) is 3.90. The van der Waals surface area contributed by atoms with E-state index in [0.29, 0.717) is 18.6 Å². The van der Waals surface area contributed by atoms with Crippen LogP contribution in [0.15, 0.2) is 24.3 Å². The molecule has 21 heavy (non-hydrogen) atoms. The van der Waals surface area contributed by atoms with Gasteiger partial charge < -0.3 is 14.8 Å². The number of ether oxygens (including phenoxy) is 2. The highest BCUT2D eigenvalue weighted by atomic mass is 19.4. The second-order valence-corrected chi connectivity index (χ2v) is 5.64. The van der Waals surface area contributed by atoms with Gasteiger partial charge in [0.05, 0.1) is 6.10 Å². The van der Waals surface area contributed by atoms with Crippen LogP contribution in [0, 0.1) is 5.92 Å². The molecule has 1 N–H and O–H groups in total. The lowest BCUT2D eigenvalue weighted by molar-refractivity contribution is -0.274. The van der Waals surface area contributed by atoms with Gasteiger partial charge in [-0.2, -0.15) is 0 Å². The normalized spacial score (nSPS) is 26.0. The van der Waals surface area contributed by atoms with E-state index in [-0.39, 0.29) is 11.9 Å². The second kappa shape index (κ2) is 5.85. The van der Waals surface area contributed by atoms with E-state index in [0.717, 1.165) is 18.5 Å². The van der Waals surface area contributed by atoms with Gasteiger partial charge in [-0.1, -0.05) is 12.1 Å². The molecular formula is C15H18F3NO2. The zero-order valence-corrected chi connectivity index (χ0v) is 11.5. The lowest BCUT2D eigenvalue weighted by Gasteiger charge is -2.20. The molecule has 2 atom stereocenters. The smallest absolute Gasteiger partial charge is 0.406 e. The van der Waals surface area contributed by atoms with Gasteiger partial charge in [0.25, 0.3) is 0 Å². The van der Waals surface area contributed by atoms with Crippen LogP contribution >= 0.6 is 0 Å². The van der Waals surface area contributed by atoms with Crippen LogP contribution in [0.1, 0.15) is 30.9 Å². The minimum absolute atomic E-state index is 0.0452. The van der Waals surface area contributed by atoms with Crippen LogP contribution in [0.4, 0.5) is 13.2 Å². The lowest BCUT2D eigenvalue weighted by Crippen LogP contribution is -2.26. The number of hydrogen-bond donors (Lipinski definition) is 1. The Labute approximate surface area is 121 Å². The van der Waals surface area contributed by atoms with E-state index in [1.165, 1.54) is 25.0 Å². The van der Waals surface area contributed by atoms with Gasteiger partial charge in [-0.15, -0.1) is 13.2 Å². The van der Waals surface area contributed by atoms with E-state index in [1.54, 1.807) is 12.1 Å². The van der Waals surface area contributed by atoms with Crippen LogP contribution in [-0.2, 0) is 4.74 Å². The Balaban J connectivity index is 1.61. The van der Waals surface area contributed by atoms with Gasteiger partial charge in [-0.25, -0.2) is 0 Å². The first-order valence-electron chi connectivity index (χ1n) is 7.22. The highest BCUT2D eigenvalue weighted by Crippen LogP contribution is 2.36. The third kappa shape index (κ3) is 4.11. The van der Waals surface area contributed by atoms with Crippen molar-refractivity contribution in [2.24, 2.45) is 5.92 Å². The molecule has 3 rings (SSSR count). The largest absolute Gasteiger partial charge is 0.573 e. The highest BCUT2D eigenvalue weighted by molar-refractivity contribution is 5.29. The molecule has 1 aliphatic carbocycles. The number of alkyl halides is 3. The Kier molecular flexibility index (Phi) is 4.08. The SMILES string of the molecule is FC(F)(F)Oc1ccc(C2OCCC2CNC2CC2)cc1. The fourth-order valence-electron chi connectivity index (χ4n) is 2.68. The summed E-state index contributed by atoms with van der Waals surface area (Å²) in [5.41, 5.74) is 0.907. The minimum Gasteiger partial charge on any atom is -0.406 e. The molecule has 0 bridgehead atoms. The summed E-state index contributed by atoms with van der Waals surface area (Å²) in [6.07, 6.45) is -1.24. The number of nitrogens with one attached hydrogen (secondary N) is 1. The van der Waals surface area contributed by atoms with E-state index in [1.807, 2.05) is 0 Å². The molecular weight excluding hydrogens is 283 g/mol. The highest BCUT2D eigenvalue weighted by Gasteiger charge is 2.33. The summed E-state index contributed by atoms with van der Waals surface area (Å²) in [5.74, 6) is 0.178. The van der Waals surface area contributed by atoms with Gasteiger partial charge in [0.15, 0.2) is 0 Å². The van der Waals surface area contributed by atoms with Crippen molar-refractivity contribution in [2.75, 3.05) is 13.2 Å². The summed E-state index contributed by atoms with van der Waals surface area (Å²) in [5, 5.41) is 3.49. The monoisotopic (exact) mass is 301 g/mol. The van der Waals surface area contributed by atoms with Crippen LogP contribution in [-0.4, -0.2) is 25.6 Å². The Hall–Kier alpha value is -1.27. The predicted octanol–water partition coefficient (Wildman–Crippen LogP) is 3.41. The zero-order valence-electron chi connectivity index (χ0n) is 11.5. The standard InChI is InChI=1S/C15H18F3NO2/c16-15(17,18)21-13-5-1-10(2-6-13)14-11(7-8-20-14)9-19-12-3-4-12/h1-2,5-6,11-12,14,19H,3-4,7-9H2. The minimum atomic E-state index is -4.65. The van der Waals surface area contributed by atoms with E-state index < -0.39 is 6.36 Å². The van der Waals surface area contributed by atoms with Crippen molar-refractivity contribution in [3.8, 4) is 5.75 Å². The molecule has 2 aliphatic rings. The molecule has 0 aromatic heterocycles. The first-order chi connectivity index (χ1) is 10.0. The average Bonchev–Trinajstić information content (AvgIpc) is 3.13. The molecule has 116 valence electrons. The first kappa shape index (κ1) is 14.7. The van der Waals surface area contributed by atoms with E-state index in [9.17, 15) is 13.2 Å². The van der Waals surface area contributed by atoms with Crippen molar-refractivity contribution in [1.29, 1.82) is 0 Å². The number of halogens is 3. The quantitative estimate of drug-likeness (QED) is 0.904. The Bertz CT molecular complexity index is 471. The first-order valence-corrected chi connectivity index (χ1v) is 7.22. The molecule has 1 aromatic rings. The molecule has 6 heteroatoms. The number of benzene rings is 1. The van der Waals surface area contributed by atoms with E-state index >= 15 is 0 Å². The summed E-state index contributed by atoms with van der Waals surface area (Å²) < 4.78 is 46.0. The van der Waals surface area contributed by atoms with Crippen LogP contribution in [0.2, 0.25) is 0 Å². The van der Waals surface area contributed by atoms with Crippen molar-refractivity contribution in [3.05, 3.63) is 29.8 Å². The topological polar surface area (TPSA) is 30.5 Å². The van der Waals surface area contributed by atoms with Crippen molar-refractivity contribution in [3.63, 3.8) is 0 Å². The molecule has 0 radical (unpaired) electrons. The van der Waals surface area contributed by atoms with Crippen molar-refractivity contribution in [2.45, 2.75) is 37.8 Å². The molecule has 0 spiro atoms. The van der Waals surface area contributed by atoms with Gasteiger partial charge >= 0.3 is 6.36 Å².